The van der Waals surface area contributed by atoms with Crippen LogP contribution in [0.1, 0.15) is 43.3 Å². The summed E-state index contributed by atoms with van der Waals surface area (Å²) in [5, 5.41) is 4.04. The summed E-state index contributed by atoms with van der Waals surface area (Å²) in [5.41, 5.74) is 0. The molecule has 4 rings (SSSR count). The fraction of sp³-hybridized carbons (Fsp3) is 0.529. The van der Waals surface area contributed by atoms with E-state index >= 15 is 0 Å². The van der Waals surface area contributed by atoms with Crippen molar-refractivity contribution in [2.45, 2.75) is 42.9 Å². The molecule has 6 nitrogen and oxygen atoms in total. The lowest BCUT2D eigenvalue weighted by molar-refractivity contribution is 0.247. The minimum absolute atomic E-state index is 0.227. The van der Waals surface area contributed by atoms with Gasteiger partial charge in [0.25, 0.3) is 0 Å². The average Bonchev–Trinajstić information content (AvgIpc) is 3.36. The summed E-state index contributed by atoms with van der Waals surface area (Å²) in [4.78, 5) is 4.83. The fourth-order valence-corrected chi connectivity index (χ4v) is 4.83. The highest BCUT2D eigenvalue weighted by atomic mass is 32.2. The van der Waals surface area contributed by atoms with E-state index in [1.165, 1.54) is 0 Å². The van der Waals surface area contributed by atoms with Gasteiger partial charge in [0.15, 0.2) is 5.82 Å². The maximum absolute atomic E-state index is 12.8. The summed E-state index contributed by atoms with van der Waals surface area (Å²) in [7, 11) is -3.42. The molecule has 1 aliphatic heterocycles. The second-order valence-corrected chi connectivity index (χ2v) is 8.65. The van der Waals surface area contributed by atoms with E-state index in [1.807, 2.05) is 6.07 Å². The number of nitrogens with zero attached hydrogens (tertiary/aromatic N) is 3. The van der Waals surface area contributed by atoms with Gasteiger partial charge in [0.1, 0.15) is 0 Å². The van der Waals surface area contributed by atoms with Gasteiger partial charge in [-0.1, -0.05) is 23.4 Å². The van der Waals surface area contributed by atoms with Gasteiger partial charge in [0.05, 0.1) is 4.90 Å². The van der Waals surface area contributed by atoms with Gasteiger partial charge >= 0.3 is 0 Å². The Morgan fingerprint density at radius 2 is 1.96 bits per heavy atom. The van der Waals surface area contributed by atoms with Gasteiger partial charge in [0, 0.05) is 25.4 Å². The summed E-state index contributed by atoms with van der Waals surface area (Å²) in [6.45, 7) is 1.09. The Balaban J connectivity index is 1.45. The molecule has 128 valence electrons. The molecule has 0 bridgehead atoms. The molecule has 2 heterocycles. The summed E-state index contributed by atoms with van der Waals surface area (Å²) in [6.07, 6.45) is 4.79. The van der Waals surface area contributed by atoms with Crippen molar-refractivity contribution in [3.05, 3.63) is 42.0 Å². The highest BCUT2D eigenvalue weighted by Crippen LogP contribution is 2.38. The molecule has 7 heteroatoms. The normalized spacial score (nSPS) is 22.6. The van der Waals surface area contributed by atoms with E-state index in [0.29, 0.717) is 36.2 Å². The van der Waals surface area contributed by atoms with E-state index in [4.69, 9.17) is 4.52 Å². The second-order valence-electron chi connectivity index (χ2n) is 6.71. The Kier molecular flexibility index (Phi) is 4.14. The van der Waals surface area contributed by atoms with Crippen molar-refractivity contribution in [1.29, 1.82) is 0 Å². The van der Waals surface area contributed by atoms with Crippen molar-refractivity contribution in [3.8, 4) is 0 Å². The van der Waals surface area contributed by atoms with Crippen LogP contribution in [0.15, 0.2) is 39.8 Å². The maximum atomic E-state index is 12.8. The number of rotatable bonds is 5. The van der Waals surface area contributed by atoms with Gasteiger partial charge < -0.3 is 4.52 Å². The van der Waals surface area contributed by atoms with Gasteiger partial charge in [0.2, 0.25) is 15.9 Å². The van der Waals surface area contributed by atoms with E-state index in [-0.39, 0.29) is 5.92 Å². The molecule has 2 aromatic rings. The summed E-state index contributed by atoms with van der Waals surface area (Å²) in [6, 6.07) is 8.64. The molecular weight excluding hydrogens is 326 g/mol. The van der Waals surface area contributed by atoms with Gasteiger partial charge in [-0.05, 0) is 43.7 Å². The van der Waals surface area contributed by atoms with E-state index in [9.17, 15) is 8.42 Å². The van der Waals surface area contributed by atoms with E-state index in [0.717, 1.165) is 31.5 Å². The molecule has 2 fully saturated rings. The Hall–Kier alpha value is -1.73. The topological polar surface area (TPSA) is 76.3 Å². The molecule has 0 radical (unpaired) electrons. The zero-order valence-electron chi connectivity index (χ0n) is 13.5. The molecule has 0 spiro atoms. The first-order valence-corrected chi connectivity index (χ1v) is 9.94. The quantitative estimate of drug-likeness (QED) is 0.831. The molecule has 1 saturated heterocycles. The Labute approximate surface area is 141 Å². The molecule has 1 saturated carbocycles. The lowest BCUT2D eigenvalue weighted by atomic mass is 9.96. The third-order valence-corrected chi connectivity index (χ3v) is 6.63. The predicted octanol–water partition coefficient (Wildman–Crippen LogP) is 2.59. The third kappa shape index (κ3) is 3.23. The Morgan fingerprint density at radius 3 is 2.71 bits per heavy atom. The minimum atomic E-state index is -3.42. The van der Waals surface area contributed by atoms with Gasteiger partial charge in [-0.25, -0.2) is 8.42 Å². The Bertz CT molecular complexity index is 799. The lowest BCUT2D eigenvalue weighted by Gasteiger charge is -2.31. The molecule has 1 aliphatic carbocycles. The second kappa shape index (κ2) is 6.29. The highest BCUT2D eigenvalue weighted by molar-refractivity contribution is 7.89. The van der Waals surface area contributed by atoms with Crippen LogP contribution in [0.4, 0.5) is 0 Å². The number of hydrogen-bond acceptors (Lipinski definition) is 5. The van der Waals surface area contributed by atoms with Crippen molar-refractivity contribution in [3.63, 3.8) is 0 Å². The molecule has 1 aromatic heterocycles. The highest BCUT2D eigenvalue weighted by Gasteiger charge is 2.32. The van der Waals surface area contributed by atoms with E-state index in [2.05, 4.69) is 10.1 Å². The largest absolute Gasteiger partial charge is 0.339 e. The number of hydrogen-bond donors (Lipinski definition) is 0. The van der Waals surface area contributed by atoms with Crippen LogP contribution in [0.2, 0.25) is 0 Å². The molecule has 1 atom stereocenters. The fourth-order valence-electron chi connectivity index (χ4n) is 3.26. The average molecular weight is 347 g/mol. The van der Waals surface area contributed by atoms with Crippen LogP contribution < -0.4 is 0 Å². The summed E-state index contributed by atoms with van der Waals surface area (Å²) < 4.78 is 32.5. The maximum Gasteiger partial charge on any atom is 0.243 e. The van der Waals surface area contributed by atoms with Gasteiger partial charge in [-0.3, -0.25) is 0 Å². The van der Waals surface area contributed by atoms with E-state index < -0.39 is 10.0 Å². The predicted molar refractivity (Wildman–Crippen MR) is 87.9 cm³/mol. The van der Waals surface area contributed by atoms with Crippen LogP contribution in [-0.4, -0.2) is 36.0 Å². The molecule has 1 aromatic carbocycles. The summed E-state index contributed by atoms with van der Waals surface area (Å²) in [5.74, 6) is 2.16. The zero-order valence-corrected chi connectivity index (χ0v) is 14.3. The van der Waals surface area contributed by atoms with Crippen LogP contribution in [0, 0.1) is 5.92 Å². The van der Waals surface area contributed by atoms with Crippen molar-refractivity contribution >= 4 is 10.0 Å². The third-order valence-electron chi connectivity index (χ3n) is 4.75. The van der Waals surface area contributed by atoms with Crippen LogP contribution in [0.3, 0.4) is 0 Å². The molecule has 0 amide bonds. The van der Waals surface area contributed by atoms with Crippen LogP contribution in [0.25, 0.3) is 0 Å². The van der Waals surface area contributed by atoms with Crippen LogP contribution in [0.5, 0.6) is 0 Å². The smallest absolute Gasteiger partial charge is 0.243 e. The molecule has 0 unspecified atom stereocenters. The van der Waals surface area contributed by atoms with Crippen molar-refractivity contribution in [2.24, 2.45) is 5.92 Å². The SMILES string of the molecule is O=S(=O)(c1ccccc1)N1CCC[C@H](Cc2nc(C3CC3)no2)C1. The number of piperidine rings is 1. The monoisotopic (exact) mass is 347 g/mol. The van der Waals surface area contributed by atoms with Gasteiger partial charge in [-0.2, -0.15) is 9.29 Å². The first kappa shape index (κ1) is 15.8. The zero-order chi connectivity index (χ0) is 16.6. The van der Waals surface area contributed by atoms with Crippen LogP contribution in [-0.2, 0) is 16.4 Å². The van der Waals surface area contributed by atoms with Crippen LogP contribution >= 0.6 is 0 Å². The lowest BCUT2D eigenvalue weighted by Crippen LogP contribution is -2.40. The van der Waals surface area contributed by atoms with Crippen molar-refractivity contribution < 1.29 is 12.9 Å². The molecule has 0 N–H and O–H groups in total. The van der Waals surface area contributed by atoms with E-state index in [1.54, 1.807) is 28.6 Å². The molecule has 24 heavy (non-hydrogen) atoms. The van der Waals surface area contributed by atoms with Gasteiger partial charge in [-0.15, -0.1) is 0 Å². The minimum Gasteiger partial charge on any atom is -0.339 e. The van der Waals surface area contributed by atoms with Crippen molar-refractivity contribution in [2.75, 3.05) is 13.1 Å². The molecule has 2 aliphatic rings. The number of benzene rings is 1. The first-order chi connectivity index (χ1) is 11.6. The van der Waals surface area contributed by atoms with Crippen molar-refractivity contribution in [1.82, 2.24) is 14.4 Å². The summed E-state index contributed by atoms with van der Waals surface area (Å²) >= 11 is 0. The molecular formula is C17H21N3O3S. The standard InChI is InChI=1S/C17H21N3O3S/c21-24(22,15-6-2-1-3-7-15)20-10-4-5-13(12-20)11-16-18-17(19-23-16)14-8-9-14/h1-3,6-7,13-14H,4-5,8-12H2/t13-/m1/s1. The number of aromatic nitrogens is 2. The number of sulfonamides is 1. The first-order valence-electron chi connectivity index (χ1n) is 8.50. The Morgan fingerprint density at radius 1 is 1.17 bits per heavy atom.